The number of halogens is 1. The number of hydrogen-bond donors (Lipinski definition) is 1. The summed E-state index contributed by atoms with van der Waals surface area (Å²) in [6, 6.07) is 0. The van der Waals surface area contributed by atoms with Crippen LogP contribution in [0.1, 0.15) is 6.92 Å². The fraction of sp³-hybridized carbons (Fsp3) is 1.00. The summed E-state index contributed by atoms with van der Waals surface area (Å²) >= 11 is 0. The Kier molecular flexibility index (Phi) is 3.17. The quantitative estimate of drug-likeness (QED) is 0.678. The number of rotatable bonds is 0. The molecule has 0 radical (unpaired) electrons. The Morgan fingerprint density at radius 2 is 2.00 bits per heavy atom. The van der Waals surface area contributed by atoms with Crippen molar-refractivity contribution in [1.82, 2.24) is 0 Å². The van der Waals surface area contributed by atoms with E-state index in [0.717, 1.165) is 0 Å². The standard InChI is InChI=1S/C7H15FO6P2/c1-6-7(3-11-15(2,9)14-6)4-12-16(8,10)13-5-7/h6,9,15H,3-5H2,1-2H3. The van der Waals surface area contributed by atoms with Crippen LogP contribution in [0.25, 0.3) is 0 Å². The molecule has 0 bridgehead atoms. The average molecular weight is 276 g/mol. The van der Waals surface area contributed by atoms with Gasteiger partial charge < -0.3 is 0 Å². The molecule has 96 valence electrons. The SMILES string of the molecule is CC1O[PH](C)(O)OCC12COP(=O)(F)OC2. The molecule has 0 aromatic heterocycles. The van der Waals surface area contributed by atoms with Gasteiger partial charge in [-0.05, 0) is 0 Å². The van der Waals surface area contributed by atoms with Crippen LogP contribution in [-0.4, -0.2) is 37.5 Å². The third-order valence-electron chi connectivity index (χ3n) is 2.90. The van der Waals surface area contributed by atoms with Gasteiger partial charge in [0.05, 0.1) is 0 Å². The normalized spacial score (nSPS) is 50.1. The molecule has 1 unspecified atom stereocenters. The van der Waals surface area contributed by atoms with Crippen LogP contribution in [0.15, 0.2) is 0 Å². The van der Waals surface area contributed by atoms with Crippen molar-refractivity contribution in [2.24, 2.45) is 5.41 Å². The maximum atomic E-state index is 12.9. The predicted octanol–water partition coefficient (Wildman–Crippen LogP) is 1.65. The van der Waals surface area contributed by atoms with Crippen molar-refractivity contribution in [2.45, 2.75) is 13.0 Å². The Bertz CT molecular complexity index is 323. The van der Waals surface area contributed by atoms with Gasteiger partial charge in [0.1, 0.15) is 0 Å². The molecule has 1 spiro atoms. The molecule has 2 aliphatic rings. The van der Waals surface area contributed by atoms with Gasteiger partial charge in [0, 0.05) is 0 Å². The first kappa shape index (κ1) is 12.8. The Morgan fingerprint density at radius 1 is 1.44 bits per heavy atom. The van der Waals surface area contributed by atoms with Gasteiger partial charge in [0.25, 0.3) is 0 Å². The van der Waals surface area contributed by atoms with Crippen LogP contribution in [0, 0.1) is 5.41 Å². The van der Waals surface area contributed by atoms with Crippen molar-refractivity contribution in [3.8, 4) is 0 Å². The zero-order chi connectivity index (χ0) is 12.0. The molecule has 9 heteroatoms. The molecule has 2 heterocycles. The predicted molar refractivity (Wildman–Crippen MR) is 56.0 cm³/mol. The van der Waals surface area contributed by atoms with E-state index in [1.165, 1.54) is 6.66 Å². The fourth-order valence-electron chi connectivity index (χ4n) is 1.69. The summed E-state index contributed by atoms with van der Waals surface area (Å²) in [5, 5.41) is 0. The van der Waals surface area contributed by atoms with Gasteiger partial charge in [-0.2, -0.15) is 0 Å². The van der Waals surface area contributed by atoms with Gasteiger partial charge in [-0.1, -0.05) is 0 Å². The monoisotopic (exact) mass is 276 g/mol. The summed E-state index contributed by atoms with van der Waals surface area (Å²) in [5.74, 6) is 0. The molecule has 6 nitrogen and oxygen atoms in total. The molecule has 0 aromatic carbocycles. The van der Waals surface area contributed by atoms with E-state index in [1.807, 2.05) is 0 Å². The maximum absolute atomic E-state index is 12.9. The van der Waals surface area contributed by atoms with E-state index in [-0.39, 0.29) is 19.8 Å². The summed E-state index contributed by atoms with van der Waals surface area (Å²) in [7, 11) is -7.47. The third kappa shape index (κ3) is 2.46. The molecule has 1 atom stereocenters. The molecular weight excluding hydrogens is 261 g/mol. The molecule has 0 amide bonds. The van der Waals surface area contributed by atoms with Gasteiger partial charge in [-0.25, -0.2) is 0 Å². The topological polar surface area (TPSA) is 74.2 Å². The molecule has 2 aliphatic heterocycles. The van der Waals surface area contributed by atoms with Crippen LogP contribution in [0.4, 0.5) is 4.20 Å². The molecule has 1 N–H and O–H groups in total. The van der Waals surface area contributed by atoms with E-state index >= 15 is 0 Å². The summed E-state index contributed by atoms with van der Waals surface area (Å²) in [6.45, 7) is 3.17. The molecular formula is C7H15FO6P2. The molecule has 0 aliphatic carbocycles. The van der Waals surface area contributed by atoms with Crippen LogP contribution in [0.2, 0.25) is 0 Å². The molecule has 0 aromatic rings. The van der Waals surface area contributed by atoms with Gasteiger partial charge >= 0.3 is 92.5 Å². The Hall–Kier alpha value is 0.390. The van der Waals surface area contributed by atoms with Gasteiger partial charge in [-0.3, -0.25) is 0 Å². The fourth-order valence-corrected chi connectivity index (χ4v) is 4.12. The minimum atomic E-state index is -4.40. The minimum absolute atomic E-state index is 0.105. The van der Waals surface area contributed by atoms with Crippen LogP contribution in [-0.2, 0) is 22.7 Å². The van der Waals surface area contributed by atoms with Crippen molar-refractivity contribution in [1.29, 1.82) is 0 Å². The van der Waals surface area contributed by atoms with E-state index in [1.54, 1.807) is 6.92 Å². The zero-order valence-electron chi connectivity index (χ0n) is 9.01. The summed E-state index contributed by atoms with van der Waals surface area (Å²) in [4.78, 5) is 9.65. The molecule has 2 rings (SSSR count). The summed E-state index contributed by atoms with van der Waals surface area (Å²) < 4.78 is 43.3. The average Bonchev–Trinajstić information content (AvgIpc) is 2.15. The first-order valence-electron chi connectivity index (χ1n) is 4.88. The van der Waals surface area contributed by atoms with E-state index < -0.39 is 27.4 Å². The van der Waals surface area contributed by atoms with Crippen LogP contribution in [0.3, 0.4) is 0 Å². The van der Waals surface area contributed by atoms with Crippen molar-refractivity contribution in [2.75, 3.05) is 26.5 Å². The Labute approximate surface area is 93.3 Å². The van der Waals surface area contributed by atoms with Crippen molar-refractivity contribution in [3.05, 3.63) is 0 Å². The first-order valence-corrected chi connectivity index (χ1v) is 8.57. The Balaban J connectivity index is 2.08. The van der Waals surface area contributed by atoms with Crippen LogP contribution >= 0.6 is 15.8 Å². The summed E-state index contributed by atoms with van der Waals surface area (Å²) in [6.07, 6.45) is -0.400. The Morgan fingerprint density at radius 3 is 2.50 bits per heavy atom. The van der Waals surface area contributed by atoms with Gasteiger partial charge in [-0.15, -0.1) is 0 Å². The van der Waals surface area contributed by atoms with Crippen LogP contribution < -0.4 is 0 Å². The van der Waals surface area contributed by atoms with Gasteiger partial charge in [0.15, 0.2) is 0 Å². The molecule has 16 heavy (non-hydrogen) atoms. The van der Waals surface area contributed by atoms with Crippen molar-refractivity contribution >= 4 is 15.8 Å². The second kappa shape index (κ2) is 3.95. The van der Waals surface area contributed by atoms with Crippen molar-refractivity contribution in [3.63, 3.8) is 0 Å². The van der Waals surface area contributed by atoms with E-state index in [9.17, 15) is 13.7 Å². The van der Waals surface area contributed by atoms with Crippen LogP contribution in [0.5, 0.6) is 0 Å². The first-order chi connectivity index (χ1) is 7.25. The molecule has 2 fully saturated rings. The molecule has 0 saturated carbocycles. The number of hydrogen-bond acceptors (Lipinski definition) is 6. The molecule has 2 saturated heterocycles. The second-order valence-electron chi connectivity index (χ2n) is 4.29. The van der Waals surface area contributed by atoms with E-state index in [2.05, 4.69) is 9.05 Å². The zero-order valence-corrected chi connectivity index (χ0v) is 10.9. The van der Waals surface area contributed by atoms with Gasteiger partial charge in [0.2, 0.25) is 0 Å². The third-order valence-corrected chi connectivity index (χ3v) is 5.24. The second-order valence-corrected chi connectivity index (χ2v) is 7.98. The summed E-state index contributed by atoms with van der Waals surface area (Å²) in [5.41, 5.74) is -0.699. The van der Waals surface area contributed by atoms with Crippen molar-refractivity contribution < 1.29 is 31.8 Å². The van der Waals surface area contributed by atoms with E-state index in [4.69, 9.17) is 9.05 Å². The van der Waals surface area contributed by atoms with E-state index in [0.29, 0.717) is 0 Å².